The van der Waals surface area contributed by atoms with Gasteiger partial charge in [-0.2, -0.15) is 0 Å². The van der Waals surface area contributed by atoms with Crippen molar-refractivity contribution in [3.63, 3.8) is 0 Å². The van der Waals surface area contributed by atoms with Crippen molar-refractivity contribution in [3.8, 4) is 17.1 Å². The highest BCUT2D eigenvalue weighted by Crippen LogP contribution is 2.21. The van der Waals surface area contributed by atoms with Crippen LogP contribution in [-0.2, 0) is 14.8 Å². The van der Waals surface area contributed by atoms with E-state index in [4.69, 9.17) is 4.74 Å². The van der Waals surface area contributed by atoms with Crippen LogP contribution in [0.25, 0.3) is 11.4 Å². The predicted molar refractivity (Wildman–Crippen MR) is 141 cm³/mol. The Hall–Kier alpha value is -4.28. The minimum absolute atomic E-state index is 0.0895. The van der Waals surface area contributed by atoms with Gasteiger partial charge >= 0.3 is 0 Å². The molecule has 10 heteroatoms. The molecule has 0 aliphatic heterocycles. The number of amides is 1. The number of sulfonamides is 1. The van der Waals surface area contributed by atoms with Crippen LogP contribution >= 0.6 is 0 Å². The second kappa shape index (κ2) is 11.2. The summed E-state index contributed by atoms with van der Waals surface area (Å²) >= 11 is 0. The lowest BCUT2D eigenvalue weighted by Gasteiger charge is -2.15. The number of nitrogens with one attached hydrogen (secondary N) is 3. The van der Waals surface area contributed by atoms with Crippen molar-refractivity contribution >= 4 is 21.6 Å². The van der Waals surface area contributed by atoms with Gasteiger partial charge in [-0.1, -0.05) is 42.5 Å². The molecular weight excluding hydrogens is 492 g/mol. The molecule has 1 atom stereocenters. The summed E-state index contributed by atoms with van der Waals surface area (Å²) < 4.78 is 33.6. The number of hydrogen-bond donors (Lipinski definition) is 3. The van der Waals surface area contributed by atoms with Crippen molar-refractivity contribution in [2.45, 2.75) is 24.8 Å². The zero-order valence-electron chi connectivity index (χ0n) is 20.3. The van der Waals surface area contributed by atoms with Gasteiger partial charge in [0, 0.05) is 29.1 Å². The summed E-state index contributed by atoms with van der Waals surface area (Å²) in [4.78, 5) is 31.2. The molecule has 0 saturated carbocycles. The summed E-state index contributed by atoms with van der Waals surface area (Å²) in [6.07, 6.45) is 0. The Balaban J connectivity index is 1.34. The number of anilines is 1. The largest absolute Gasteiger partial charge is 0.484 e. The van der Waals surface area contributed by atoms with E-state index in [0.29, 0.717) is 28.5 Å². The van der Waals surface area contributed by atoms with Gasteiger partial charge in [0.15, 0.2) is 6.61 Å². The Morgan fingerprint density at radius 1 is 1.00 bits per heavy atom. The molecule has 9 nitrogen and oxygen atoms in total. The van der Waals surface area contributed by atoms with Crippen molar-refractivity contribution < 1.29 is 17.9 Å². The normalized spacial score (nSPS) is 12.1. The van der Waals surface area contributed by atoms with E-state index in [0.717, 1.165) is 5.56 Å². The minimum atomic E-state index is -3.74. The Kier molecular flexibility index (Phi) is 7.80. The second-order valence-corrected chi connectivity index (χ2v) is 10.1. The van der Waals surface area contributed by atoms with Gasteiger partial charge < -0.3 is 15.0 Å². The fourth-order valence-corrected chi connectivity index (χ4v) is 4.86. The highest BCUT2D eigenvalue weighted by molar-refractivity contribution is 7.89. The number of carbonyl (C=O) groups is 1. The third kappa shape index (κ3) is 6.90. The molecule has 190 valence electrons. The molecule has 4 aromatic rings. The van der Waals surface area contributed by atoms with Gasteiger partial charge in [0.25, 0.3) is 11.5 Å². The van der Waals surface area contributed by atoms with Crippen LogP contribution in [0.15, 0.2) is 94.6 Å². The van der Waals surface area contributed by atoms with Crippen LogP contribution in [0.1, 0.15) is 24.2 Å². The number of rotatable bonds is 9. The van der Waals surface area contributed by atoms with Gasteiger partial charge in [0.2, 0.25) is 10.0 Å². The lowest BCUT2D eigenvalue weighted by molar-refractivity contribution is -0.118. The Morgan fingerprint density at radius 3 is 2.43 bits per heavy atom. The Bertz CT molecular complexity index is 1550. The number of nitrogens with zero attached hydrogens (tertiary/aromatic N) is 1. The fourth-order valence-electron chi connectivity index (χ4n) is 3.63. The lowest BCUT2D eigenvalue weighted by Crippen LogP contribution is -2.26. The van der Waals surface area contributed by atoms with Gasteiger partial charge in [0.05, 0.1) is 4.90 Å². The van der Waals surface area contributed by atoms with E-state index in [1.807, 2.05) is 30.3 Å². The zero-order chi connectivity index (χ0) is 26.4. The summed E-state index contributed by atoms with van der Waals surface area (Å²) in [7, 11) is -3.74. The van der Waals surface area contributed by atoms with Crippen LogP contribution in [0.4, 0.5) is 5.69 Å². The van der Waals surface area contributed by atoms with Crippen LogP contribution in [0, 0.1) is 6.92 Å². The van der Waals surface area contributed by atoms with E-state index in [-0.39, 0.29) is 17.1 Å². The van der Waals surface area contributed by atoms with Crippen molar-refractivity contribution in [1.29, 1.82) is 0 Å². The smallest absolute Gasteiger partial charge is 0.262 e. The quantitative estimate of drug-likeness (QED) is 0.309. The molecule has 0 spiro atoms. The van der Waals surface area contributed by atoms with Crippen LogP contribution in [0.2, 0.25) is 0 Å². The van der Waals surface area contributed by atoms with E-state index in [1.165, 1.54) is 30.3 Å². The van der Waals surface area contributed by atoms with E-state index < -0.39 is 22.0 Å². The fraction of sp³-hybridized carbons (Fsp3) is 0.148. The molecule has 0 aliphatic rings. The van der Waals surface area contributed by atoms with Crippen LogP contribution < -0.4 is 20.3 Å². The third-order valence-electron chi connectivity index (χ3n) is 5.42. The number of aryl methyl sites for hydroxylation is 1. The average molecular weight is 519 g/mol. The Labute approximate surface area is 214 Å². The maximum Gasteiger partial charge on any atom is 0.262 e. The number of aromatic nitrogens is 2. The van der Waals surface area contributed by atoms with Gasteiger partial charge in [-0.05, 0) is 55.8 Å². The monoisotopic (exact) mass is 518 g/mol. The lowest BCUT2D eigenvalue weighted by atomic mass is 10.1. The molecule has 0 unspecified atom stereocenters. The van der Waals surface area contributed by atoms with Crippen LogP contribution in [0.3, 0.4) is 0 Å². The van der Waals surface area contributed by atoms with Crippen molar-refractivity contribution in [1.82, 2.24) is 14.7 Å². The number of carbonyl (C=O) groups excluding carboxylic acids is 1. The summed E-state index contributed by atoms with van der Waals surface area (Å²) in [6, 6.07) is 23.0. The molecule has 0 saturated heterocycles. The second-order valence-electron chi connectivity index (χ2n) is 8.38. The summed E-state index contributed by atoms with van der Waals surface area (Å²) in [5, 5.41) is 2.73. The molecule has 37 heavy (non-hydrogen) atoms. The molecule has 0 radical (unpaired) electrons. The van der Waals surface area contributed by atoms with E-state index in [9.17, 15) is 18.0 Å². The van der Waals surface area contributed by atoms with Gasteiger partial charge in [-0.25, -0.2) is 18.1 Å². The number of benzene rings is 3. The third-order valence-corrected chi connectivity index (χ3v) is 6.98. The maximum absolute atomic E-state index is 12.7. The minimum Gasteiger partial charge on any atom is -0.484 e. The number of hydrogen-bond acceptors (Lipinski definition) is 6. The molecule has 0 fully saturated rings. The molecule has 3 N–H and O–H groups in total. The SMILES string of the molecule is Cc1cc(=O)[nH]c(-c2cccc(NC(=O)COc3ccc(S(=O)(=O)N[C@H](C)c4ccccc4)cc3)c2)n1. The Morgan fingerprint density at radius 2 is 1.73 bits per heavy atom. The molecule has 4 rings (SSSR count). The number of ether oxygens (including phenoxy) is 1. The van der Waals surface area contributed by atoms with E-state index >= 15 is 0 Å². The van der Waals surface area contributed by atoms with Gasteiger partial charge in [0.1, 0.15) is 11.6 Å². The number of H-pyrrole nitrogens is 1. The van der Waals surface area contributed by atoms with Crippen molar-refractivity contribution in [2.24, 2.45) is 0 Å². The maximum atomic E-state index is 12.7. The predicted octanol–water partition coefficient (Wildman–Crippen LogP) is 3.80. The first-order valence-electron chi connectivity index (χ1n) is 11.5. The molecular formula is C27H26N4O5S. The summed E-state index contributed by atoms with van der Waals surface area (Å²) in [5.41, 5.74) is 2.33. The molecule has 3 aromatic carbocycles. The standard InChI is InChI=1S/C27H26N4O5S/c1-18-15-25(32)30-27(28-18)21-9-6-10-22(16-21)29-26(33)17-36-23-11-13-24(14-12-23)37(34,35)31-19(2)20-7-4-3-5-8-20/h3-16,19,31H,17H2,1-2H3,(H,29,33)(H,28,30,32)/t19-/m1/s1. The topological polar surface area (TPSA) is 130 Å². The molecule has 1 aromatic heterocycles. The van der Waals surface area contributed by atoms with Crippen LogP contribution in [0.5, 0.6) is 5.75 Å². The first kappa shape index (κ1) is 25.8. The first-order chi connectivity index (χ1) is 17.7. The molecule has 1 amide bonds. The first-order valence-corrected chi connectivity index (χ1v) is 13.0. The van der Waals surface area contributed by atoms with Gasteiger partial charge in [-0.15, -0.1) is 0 Å². The summed E-state index contributed by atoms with van der Waals surface area (Å²) in [6.45, 7) is 3.22. The van der Waals surface area contributed by atoms with Crippen molar-refractivity contribution in [2.75, 3.05) is 11.9 Å². The molecule has 1 heterocycles. The zero-order valence-corrected chi connectivity index (χ0v) is 21.1. The van der Waals surface area contributed by atoms with E-state index in [1.54, 1.807) is 38.1 Å². The summed E-state index contributed by atoms with van der Waals surface area (Å²) in [5.74, 6) is 0.346. The van der Waals surface area contributed by atoms with E-state index in [2.05, 4.69) is 20.0 Å². The average Bonchev–Trinajstić information content (AvgIpc) is 2.87. The highest BCUT2D eigenvalue weighted by atomic mass is 32.2. The molecule has 0 aliphatic carbocycles. The highest BCUT2D eigenvalue weighted by Gasteiger charge is 2.18. The number of aromatic amines is 1. The molecule has 0 bridgehead atoms. The van der Waals surface area contributed by atoms with Crippen LogP contribution in [-0.4, -0.2) is 30.9 Å². The van der Waals surface area contributed by atoms with Gasteiger partial charge in [-0.3, -0.25) is 9.59 Å². The van der Waals surface area contributed by atoms with Crippen molar-refractivity contribution in [3.05, 3.63) is 107 Å².